The fourth-order valence-corrected chi connectivity index (χ4v) is 5.71. The molecule has 1 aliphatic rings. The second-order valence-corrected chi connectivity index (χ2v) is 10.3. The molecular formula is C21H32ClN3O6Si. The average Bonchev–Trinajstić information content (AvgIpc) is 2.97. The van der Waals surface area contributed by atoms with Crippen LogP contribution in [0, 0.1) is 26.9 Å². The largest absolute Gasteiger partial charge is 0.444 e. The van der Waals surface area contributed by atoms with Crippen LogP contribution in [0.4, 0.5) is 10.5 Å². The molecule has 1 aromatic carbocycles. The van der Waals surface area contributed by atoms with Crippen LogP contribution in [0.2, 0.25) is 0 Å². The summed E-state index contributed by atoms with van der Waals surface area (Å²) in [5, 5.41) is 13.6. The number of alkyl halides is 1. The van der Waals surface area contributed by atoms with E-state index in [4.69, 9.17) is 20.8 Å². The van der Waals surface area contributed by atoms with Crippen molar-refractivity contribution in [1.29, 1.82) is 0 Å². The summed E-state index contributed by atoms with van der Waals surface area (Å²) in [6, 6.07) is 5.83. The van der Waals surface area contributed by atoms with Crippen LogP contribution in [0.3, 0.4) is 0 Å². The minimum absolute atomic E-state index is 0.0345. The van der Waals surface area contributed by atoms with Crippen LogP contribution >= 0.6 is 11.6 Å². The van der Waals surface area contributed by atoms with Crippen molar-refractivity contribution >= 4 is 39.8 Å². The van der Waals surface area contributed by atoms with Gasteiger partial charge in [-0.05, 0) is 29.0 Å². The first-order chi connectivity index (χ1) is 14.8. The molecule has 0 radical (unpaired) electrons. The number of nitrogens with zero attached hydrogens (tertiary/aromatic N) is 2. The lowest BCUT2D eigenvalue weighted by Crippen LogP contribution is -2.62. The summed E-state index contributed by atoms with van der Waals surface area (Å²) in [7, 11) is 0.330. The first-order valence-corrected chi connectivity index (χ1v) is 11.7. The number of halogens is 1. The second kappa shape index (κ2) is 9.76. The highest BCUT2D eigenvalue weighted by molar-refractivity contribution is 6.27. The molecule has 1 aliphatic heterocycles. The van der Waals surface area contributed by atoms with E-state index in [1.165, 1.54) is 12.1 Å². The number of likely N-dealkylation sites (tertiary alicyclic amines) is 1. The molecular weight excluding hydrogens is 454 g/mol. The molecule has 0 aliphatic carbocycles. The Balaban J connectivity index is 2.30. The number of nitro groups is 1. The van der Waals surface area contributed by atoms with Gasteiger partial charge in [0.05, 0.1) is 11.5 Å². The molecule has 9 nitrogen and oxygen atoms in total. The number of benzene rings is 1. The molecule has 0 spiro atoms. The zero-order chi connectivity index (χ0) is 24.3. The van der Waals surface area contributed by atoms with Gasteiger partial charge in [-0.3, -0.25) is 19.8 Å². The summed E-state index contributed by atoms with van der Waals surface area (Å²) < 4.78 is 11.7. The van der Waals surface area contributed by atoms with Gasteiger partial charge in [0.15, 0.2) is 5.72 Å². The van der Waals surface area contributed by atoms with E-state index in [1.54, 1.807) is 17.0 Å². The molecule has 2 amide bonds. The number of nitrogens with one attached hydrogen (secondary N) is 1. The molecule has 2 rings (SSSR count). The summed E-state index contributed by atoms with van der Waals surface area (Å²) in [4.78, 5) is 37.0. The van der Waals surface area contributed by atoms with Gasteiger partial charge in [0.2, 0.25) is 5.91 Å². The maximum absolute atomic E-state index is 13.2. The molecule has 1 saturated heterocycles. The molecule has 11 heteroatoms. The van der Waals surface area contributed by atoms with Gasteiger partial charge >= 0.3 is 6.09 Å². The van der Waals surface area contributed by atoms with Crippen molar-refractivity contribution in [2.45, 2.75) is 47.0 Å². The quantitative estimate of drug-likeness (QED) is 0.275. The van der Waals surface area contributed by atoms with Gasteiger partial charge in [-0.25, -0.2) is 4.79 Å². The van der Waals surface area contributed by atoms with Crippen LogP contribution in [0.15, 0.2) is 24.3 Å². The van der Waals surface area contributed by atoms with Crippen molar-refractivity contribution in [3.63, 3.8) is 0 Å². The minimum atomic E-state index is -1.09. The molecule has 1 N–H and O–H groups in total. The molecule has 32 heavy (non-hydrogen) atoms. The van der Waals surface area contributed by atoms with Crippen molar-refractivity contribution in [1.82, 2.24) is 10.2 Å². The number of carbonyl (C=O) groups excluding carboxylic acids is 2. The van der Waals surface area contributed by atoms with Gasteiger partial charge in [0, 0.05) is 24.1 Å². The van der Waals surface area contributed by atoms with Crippen LogP contribution in [-0.2, 0) is 20.6 Å². The van der Waals surface area contributed by atoms with Gasteiger partial charge in [-0.2, -0.15) is 0 Å². The zero-order valence-corrected chi connectivity index (χ0v) is 22.2. The average molecular weight is 486 g/mol. The van der Waals surface area contributed by atoms with Crippen LogP contribution in [0.5, 0.6) is 0 Å². The van der Waals surface area contributed by atoms with Gasteiger partial charge in [-0.1, -0.05) is 34.6 Å². The maximum Gasteiger partial charge on any atom is 0.412 e. The number of hydrogen-bond donors (Lipinski definition) is 1. The number of amides is 2. The van der Waals surface area contributed by atoms with Crippen molar-refractivity contribution in [2.75, 3.05) is 19.0 Å². The van der Waals surface area contributed by atoms with Crippen LogP contribution in [-0.4, -0.2) is 57.0 Å². The van der Waals surface area contributed by atoms with Gasteiger partial charge in [0.1, 0.15) is 23.0 Å². The maximum atomic E-state index is 13.2. The number of nitro benzene ring substituents is 1. The standard InChI is InChI=1S/C21H32ClN3O6Si/c1-19(2,3)16-11-24(21(31-32,20(16,4)5)13-23-17(26)10-22)18(27)30-12-14-6-8-15(9-7-14)25(28)29/h6-9,16H,10-13H2,1-5,32H3,(H,23,26)/t16-,21-/m1/s1. The summed E-state index contributed by atoms with van der Waals surface area (Å²) >= 11 is 5.65. The Morgan fingerprint density at radius 3 is 2.38 bits per heavy atom. The normalized spacial score (nSPS) is 22.6. The summed E-state index contributed by atoms with van der Waals surface area (Å²) in [6.07, 6.45) is -0.570. The monoisotopic (exact) mass is 485 g/mol. The Hall–Kier alpha value is -2.17. The highest BCUT2D eigenvalue weighted by Gasteiger charge is 2.63. The Bertz CT molecular complexity index is 858. The van der Waals surface area contributed by atoms with E-state index >= 15 is 0 Å². The highest BCUT2D eigenvalue weighted by Crippen LogP contribution is 2.55. The van der Waals surface area contributed by atoms with E-state index in [-0.39, 0.29) is 42.0 Å². The molecule has 178 valence electrons. The second-order valence-electron chi connectivity index (χ2n) is 9.63. The Kier molecular flexibility index (Phi) is 7.95. The predicted molar refractivity (Wildman–Crippen MR) is 124 cm³/mol. The third-order valence-electron chi connectivity index (χ3n) is 6.44. The molecule has 0 aromatic heterocycles. The van der Waals surface area contributed by atoms with E-state index in [9.17, 15) is 19.7 Å². The van der Waals surface area contributed by atoms with E-state index < -0.39 is 22.2 Å². The Labute approximate surface area is 196 Å². The van der Waals surface area contributed by atoms with E-state index in [1.807, 2.05) is 13.8 Å². The fraction of sp³-hybridized carbons (Fsp3) is 0.619. The number of non-ortho nitro benzene ring substituents is 1. The van der Waals surface area contributed by atoms with Crippen LogP contribution in [0.1, 0.15) is 40.2 Å². The lowest BCUT2D eigenvalue weighted by atomic mass is 9.64. The predicted octanol–water partition coefficient (Wildman–Crippen LogP) is 2.58. The first kappa shape index (κ1) is 26.1. The lowest BCUT2D eigenvalue weighted by molar-refractivity contribution is -0.384. The van der Waals surface area contributed by atoms with Gasteiger partial charge < -0.3 is 14.5 Å². The van der Waals surface area contributed by atoms with E-state index in [2.05, 4.69) is 26.1 Å². The molecule has 1 aromatic rings. The van der Waals surface area contributed by atoms with Crippen molar-refractivity contribution < 1.29 is 23.7 Å². The van der Waals surface area contributed by atoms with Crippen molar-refractivity contribution in [3.8, 4) is 0 Å². The smallest absolute Gasteiger partial charge is 0.412 e. The van der Waals surface area contributed by atoms with Crippen LogP contribution in [0.25, 0.3) is 0 Å². The topological polar surface area (TPSA) is 111 Å². The Morgan fingerprint density at radius 2 is 1.91 bits per heavy atom. The van der Waals surface area contributed by atoms with Crippen molar-refractivity contribution in [3.05, 3.63) is 39.9 Å². The summed E-state index contributed by atoms with van der Waals surface area (Å²) in [5.41, 5.74) is -1.14. The molecule has 0 saturated carbocycles. The van der Waals surface area contributed by atoms with Gasteiger partial charge in [0.25, 0.3) is 5.69 Å². The molecule has 1 heterocycles. The van der Waals surface area contributed by atoms with E-state index in [0.717, 1.165) is 0 Å². The number of carbonyl (C=O) groups is 2. The zero-order valence-electron chi connectivity index (χ0n) is 19.4. The Morgan fingerprint density at radius 1 is 1.31 bits per heavy atom. The highest BCUT2D eigenvalue weighted by atomic mass is 35.5. The molecule has 2 atom stereocenters. The first-order valence-electron chi connectivity index (χ1n) is 10.4. The van der Waals surface area contributed by atoms with E-state index in [0.29, 0.717) is 22.6 Å². The minimum Gasteiger partial charge on any atom is -0.444 e. The SMILES string of the molecule is CC(C)(C)[C@H]1CN(C(=O)OCc2ccc([N+](=O)[O-])cc2)[C@](CNC(=O)CCl)(O[SiH3])C1(C)C. The summed E-state index contributed by atoms with van der Waals surface area (Å²) in [5.74, 6) is -0.479. The third-order valence-corrected chi connectivity index (χ3v) is 7.36. The molecule has 0 unspecified atom stereocenters. The van der Waals surface area contributed by atoms with Crippen LogP contribution < -0.4 is 5.32 Å². The lowest BCUT2D eigenvalue weighted by Gasteiger charge is -2.48. The van der Waals surface area contributed by atoms with Gasteiger partial charge in [-0.15, -0.1) is 11.6 Å². The number of rotatable bonds is 7. The third kappa shape index (κ3) is 5.07. The van der Waals surface area contributed by atoms with Crippen molar-refractivity contribution in [2.24, 2.45) is 16.7 Å². The number of hydrogen-bond acceptors (Lipinski definition) is 6. The fourth-order valence-electron chi connectivity index (χ4n) is 4.73. The number of ether oxygens (including phenoxy) is 1. The molecule has 1 fully saturated rings. The molecule has 0 bridgehead atoms. The summed E-state index contributed by atoms with van der Waals surface area (Å²) in [6.45, 7) is 10.9.